The van der Waals surface area contributed by atoms with Crippen LogP contribution < -0.4 is 0 Å². The summed E-state index contributed by atoms with van der Waals surface area (Å²) in [5, 5.41) is 0. The maximum absolute atomic E-state index is 12.5. The molecule has 0 amide bonds. The van der Waals surface area contributed by atoms with Gasteiger partial charge in [-0.3, -0.25) is 4.79 Å². The number of hydrogen-bond donors (Lipinski definition) is 0. The fraction of sp³-hybridized carbons (Fsp3) is 0.549. The van der Waals surface area contributed by atoms with Crippen molar-refractivity contribution in [2.75, 3.05) is 13.2 Å². The van der Waals surface area contributed by atoms with Gasteiger partial charge in [-0.05, 0) is 32.1 Å². The molecular formula is C51H78O6. The van der Waals surface area contributed by atoms with Gasteiger partial charge in [0.15, 0.2) is 6.10 Å². The van der Waals surface area contributed by atoms with E-state index >= 15 is 0 Å². The Labute approximate surface area is 348 Å². The molecular weight excluding hydrogens is 709 g/mol. The summed E-state index contributed by atoms with van der Waals surface area (Å²) in [6.07, 6.45) is 62.0. The van der Waals surface area contributed by atoms with Gasteiger partial charge in [0.25, 0.3) is 0 Å². The van der Waals surface area contributed by atoms with Crippen molar-refractivity contribution in [2.24, 2.45) is 0 Å². The van der Waals surface area contributed by atoms with Gasteiger partial charge in [0.2, 0.25) is 0 Å². The van der Waals surface area contributed by atoms with E-state index in [1.54, 1.807) is 24.3 Å². The Balaban J connectivity index is 4.63. The zero-order chi connectivity index (χ0) is 41.5. The number of rotatable bonds is 37. The summed E-state index contributed by atoms with van der Waals surface area (Å²) in [6, 6.07) is 0. The minimum Gasteiger partial charge on any atom is -0.458 e. The van der Waals surface area contributed by atoms with Crippen LogP contribution in [0.3, 0.4) is 0 Å². The van der Waals surface area contributed by atoms with Gasteiger partial charge in [0, 0.05) is 18.6 Å². The standard InChI is InChI=1S/C51H78O6/c1-4-7-10-13-15-17-19-21-23-25-27-29-31-33-35-38-40-43-49(52)55-46-48(57-51(54)45-42-37-12-9-6-3)47-56-50(53)44-41-39-36-34-32-30-28-26-24-22-20-18-16-14-11-8-5-2/h23-36,38-41,43-44,48H,4-22,37,42,45-47H2,1-3H3/b25-23+,26-24+,29-27+,30-28+,33-31+,34-32+,38-35+,39-36+,43-40+,44-41+. The van der Waals surface area contributed by atoms with E-state index in [4.69, 9.17) is 14.2 Å². The molecule has 318 valence electrons. The predicted molar refractivity (Wildman–Crippen MR) is 242 cm³/mol. The Morgan fingerprint density at radius 3 is 1.09 bits per heavy atom. The van der Waals surface area contributed by atoms with Gasteiger partial charge < -0.3 is 14.2 Å². The first-order valence-corrected chi connectivity index (χ1v) is 22.2. The van der Waals surface area contributed by atoms with Gasteiger partial charge in [-0.25, -0.2) is 9.59 Å². The van der Waals surface area contributed by atoms with E-state index in [9.17, 15) is 14.4 Å². The monoisotopic (exact) mass is 787 g/mol. The third-order valence-electron chi connectivity index (χ3n) is 8.85. The number of unbranched alkanes of at least 4 members (excludes halogenated alkanes) is 18. The maximum Gasteiger partial charge on any atom is 0.330 e. The minimum absolute atomic E-state index is 0.227. The molecule has 0 N–H and O–H groups in total. The van der Waals surface area contributed by atoms with Crippen LogP contribution in [0.2, 0.25) is 0 Å². The van der Waals surface area contributed by atoms with Crippen LogP contribution in [0, 0.1) is 0 Å². The van der Waals surface area contributed by atoms with Gasteiger partial charge >= 0.3 is 17.9 Å². The van der Waals surface area contributed by atoms with Crippen LogP contribution in [0.1, 0.15) is 162 Å². The lowest BCUT2D eigenvalue weighted by Gasteiger charge is -2.17. The molecule has 0 fully saturated rings. The zero-order valence-corrected chi connectivity index (χ0v) is 36.0. The molecule has 0 saturated carbocycles. The topological polar surface area (TPSA) is 78.9 Å². The Hall–Kier alpha value is -4.19. The number of ether oxygens (including phenoxy) is 3. The van der Waals surface area contributed by atoms with Crippen LogP contribution in [0.15, 0.2) is 122 Å². The molecule has 6 heteroatoms. The van der Waals surface area contributed by atoms with Crippen molar-refractivity contribution in [1.82, 2.24) is 0 Å². The van der Waals surface area contributed by atoms with Crippen LogP contribution in [0.5, 0.6) is 0 Å². The molecule has 57 heavy (non-hydrogen) atoms. The average molecular weight is 787 g/mol. The van der Waals surface area contributed by atoms with E-state index in [0.717, 1.165) is 44.9 Å². The van der Waals surface area contributed by atoms with E-state index in [0.29, 0.717) is 0 Å². The van der Waals surface area contributed by atoms with Crippen molar-refractivity contribution in [3.8, 4) is 0 Å². The average Bonchev–Trinajstić information content (AvgIpc) is 3.21. The third-order valence-corrected chi connectivity index (χ3v) is 8.85. The lowest BCUT2D eigenvalue weighted by Crippen LogP contribution is -2.30. The molecule has 0 aromatic rings. The molecule has 0 unspecified atom stereocenters. The molecule has 0 radical (unpaired) electrons. The minimum atomic E-state index is -0.910. The van der Waals surface area contributed by atoms with Crippen molar-refractivity contribution in [3.05, 3.63) is 122 Å². The molecule has 0 aromatic carbocycles. The quantitative estimate of drug-likeness (QED) is 0.0205. The van der Waals surface area contributed by atoms with Crippen molar-refractivity contribution in [3.63, 3.8) is 0 Å². The highest BCUT2D eigenvalue weighted by Crippen LogP contribution is 2.10. The Morgan fingerprint density at radius 1 is 0.386 bits per heavy atom. The summed E-state index contributed by atoms with van der Waals surface area (Å²) in [4.78, 5) is 37.1. The number of esters is 3. The second kappa shape index (κ2) is 44.5. The van der Waals surface area contributed by atoms with Crippen LogP contribution in [0.4, 0.5) is 0 Å². The number of allylic oxidation sites excluding steroid dienone is 18. The van der Waals surface area contributed by atoms with Crippen LogP contribution in [-0.4, -0.2) is 37.2 Å². The first kappa shape index (κ1) is 52.8. The molecule has 0 spiro atoms. The Morgan fingerprint density at radius 2 is 0.702 bits per heavy atom. The summed E-state index contributed by atoms with van der Waals surface area (Å²) in [5.74, 6) is -1.59. The molecule has 0 aliphatic carbocycles. The van der Waals surface area contributed by atoms with Crippen LogP contribution in [0.25, 0.3) is 0 Å². The van der Waals surface area contributed by atoms with E-state index < -0.39 is 24.0 Å². The van der Waals surface area contributed by atoms with Gasteiger partial charge in [-0.2, -0.15) is 0 Å². The SMILES string of the molecule is CCCCCCCCC/C=C/C=C/C=C/C=C/C=C/C(=O)OCC(COC(=O)/C=C/C=C/C=C/C=C/C=C/CCCCCCCCC)OC(=O)CCCCCCC. The van der Waals surface area contributed by atoms with Crippen molar-refractivity contribution >= 4 is 17.9 Å². The predicted octanol–water partition coefficient (Wildman–Crippen LogP) is 14.2. The normalized spacial score (nSPS) is 12.8. The van der Waals surface area contributed by atoms with Gasteiger partial charge in [0.05, 0.1) is 0 Å². The van der Waals surface area contributed by atoms with Gasteiger partial charge in [-0.15, -0.1) is 0 Å². The second-order valence-electron chi connectivity index (χ2n) is 14.2. The molecule has 0 rings (SSSR count). The smallest absolute Gasteiger partial charge is 0.330 e. The van der Waals surface area contributed by atoms with E-state index in [-0.39, 0.29) is 19.6 Å². The molecule has 0 heterocycles. The number of carbonyl (C=O) groups is 3. The third kappa shape index (κ3) is 42.8. The largest absolute Gasteiger partial charge is 0.458 e. The van der Waals surface area contributed by atoms with E-state index in [2.05, 4.69) is 45.1 Å². The number of carbonyl (C=O) groups excluding carboxylic acids is 3. The molecule has 0 bridgehead atoms. The van der Waals surface area contributed by atoms with E-state index in [1.807, 2.05) is 60.8 Å². The van der Waals surface area contributed by atoms with Crippen molar-refractivity contribution in [1.29, 1.82) is 0 Å². The molecule has 0 aliphatic heterocycles. The lowest BCUT2D eigenvalue weighted by molar-refractivity contribution is -0.164. The first-order valence-electron chi connectivity index (χ1n) is 22.2. The summed E-state index contributed by atoms with van der Waals surface area (Å²) < 4.78 is 16.1. The fourth-order valence-corrected chi connectivity index (χ4v) is 5.51. The van der Waals surface area contributed by atoms with Crippen LogP contribution >= 0.6 is 0 Å². The van der Waals surface area contributed by atoms with Gasteiger partial charge in [0.1, 0.15) is 13.2 Å². The summed E-state index contributed by atoms with van der Waals surface area (Å²) in [5.41, 5.74) is 0. The highest BCUT2D eigenvalue weighted by molar-refractivity contribution is 5.83. The highest BCUT2D eigenvalue weighted by Gasteiger charge is 2.18. The number of hydrogen-bond acceptors (Lipinski definition) is 6. The summed E-state index contributed by atoms with van der Waals surface area (Å²) >= 11 is 0. The van der Waals surface area contributed by atoms with Crippen LogP contribution in [-0.2, 0) is 28.6 Å². The summed E-state index contributed by atoms with van der Waals surface area (Å²) in [7, 11) is 0. The Bertz CT molecular complexity index is 1190. The first-order chi connectivity index (χ1) is 28.0. The molecule has 0 aromatic heterocycles. The van der Waals surface area contributed by atoms with E-state index in [1.165, 1.54) is 102 Å². The molecule has 0 saturated heterocycles. The highest BCUT2D eigenvalue weighted by atomic mass is 16.6. The van der Waals surface area contributed by atoms with Gasteiger partial charge in [-0.1, -0.05) is 233 Å². The van der Waals surface area contributed by atoms with Crippen molar-refractivity contribution < 1.29 is 28.6 Å². The van der Waals surface area contributed by atoms with Crippen molar-refractivity contribution in [2.45, 2.75) is 168 Å². The molecule has 0 aliphatic rings. The zero-order valence-electron chi connectivity index (χ0n) is 36.0. The molecule has 6 nitrogen and oxygen atoms in total. The molecule has 0 atom stereocenters. The fourth-order valence-electron chi connectivity index (χ4n) is 5.51. The maximum atomic E-state index is 12.5. The Kier molecular flexibility index (Phi) is 41.3. The summed E-state index contributed by atoms with van der Waals surface area (Å²) in [6.45, 7) is 6.18. The second-order valence-corrected chi connectivity index (χ2v) is 14.2. The lowest BCUT2D eigenvalue weighted by atomic mass is 10.1.